The summed E-state index contributed by atoms with van der Waals surface area (Å²) in [5.74, 6) is 0. The lowest BCUT2D eigenvalue weighted by molar-refractivity contribution is 0.0948. The lowest BCUT2D eigenvalue weighted by Gasteiger charge is -2.23. The van der Waals surface area contributed by atoms with Gasteiger partial charge in [-0.15, -0.1) is 0 Å². The molecule has 1 radical (unpaired) electrons. The standard InChI is InChI=1S/C5H11N2O/c8-5-7-3-1-6-2-4-7/h8H,1-5H2. The minimum absolute atomic E-state index is 0.190. The van der Waals surface area contributed by atoms with Crippen molar-refractivity contribution < 1.29 is 5.11 Å². The van der Waals surface area contributed by atoms with Crippen molar-refractivity contribution in [1.82, 2.24) is 10.2 Å². The maximum Gasteiger partial charge on any atom is 0.0957 e. The molecule has 1 saturated heterocycles. The van der Waals surface area contributed by atoms with Crippen LogP contribution in [0.4, 0.5) is 0 Å². The number of piperazine rings is 1. The number of hydrogen-bond donors (Lipinski definition) is 1. The number of nitrogens with zero attached hydrogens (tertiary/aromatic N) is 2. The van der Waals surface area contributed by atoms with Crippen LogP contribution in [0.15, 0.2) is 0 Å². The second-order valence-corrected chi connectivity index (χ2v) is 1.93. The maximum absolute atomic E-state index is 8.58. The number of aliphatic hydroxyl groups is 1. The second kappa shape index (κ2) is 3.02. The molecule has 47 valence electrons. The van der Waals surface area contributed by atoms with Crippen molar-refractivity contribution in [3.05, 3.63) is 0 Å². The van der Waals surface area contributed by atoms with Crippen LogP contribution < -0.4 is 5.32 Å². The van der Waals surface area contributed by atoms with Gasteiger partial charge in [0.1, 0.15) is 0 Å². The van der Waals surface area contributed by atoms with E-state index in [1.165, 1.54) is 0 Å². The van der Waals surface area contributed by atoms with Gasteiger partial charge >= 0.3 is 0 Å². The minimum Gasteiger partial charge on any atom is -0.381 e. The molecule has 0 aliphatic carbocycles. The summed E-state index contributed by atoms with van der Waals surface area (Å²) in [4.78, 5) is 1.98. The fraction of sp³-hybridized carbons (Fsp3) is 1.00. The van der Waals surface area contributed by atoms with Gasteiger partial charge in [-0.25, -0.2) is 5.32 Å². The van der Waals surface area contributed by atoms with Crippen molar-refractivity contribution in [2.24, 2.45) is 0 Å². The van der Waals surface area contributed by atoms with E-state index >= 15 is 0 Å². The van der Waals surface area contributed by atoms with Gasteiger partial charge in [-0.3, -0.25) is 4.90 Å². The summed E-state index contributed by atoms with van der Waals surface area (Å²) in [5, 5.41) is 12.7. The van der Waals surface area contributed by atoms with Crippen molar-refractivity contribution >= 4 is 0 Å². The Hall–Kier alpha value is -0.120. The molecule has 0 aromatic heterocycles. The predicted octanol–water partition coefficient (Wildman–Crippen LogP) is -1.14. The summed E-state index contributed by atoms with van der Waals surface area (Å²) in [6, 6.07) is 0. The molecule has 1 rings (SSSR count). The highest BCUT2D eigenvalue weighted by Gasteiger charge is 2.06. The van der Waals surface area contributed by atoms with E-state index in [1.54, 1.807) is 0 Å². The van der Waals surface area contributed by atoms with Crippen molar-refractivity contribution in [3.8, 4) is 0 Å². The summed E-state index contributed by atoms with van der Waals surface area (Å²) >= 11 is 0. The Balaban J connectivity index is 2.13. The summed E-state index contributed by atoms with van der Waals surface area (Å²) in [6.07, 6.45) is 0. The number of hydrogen-bond acceptors (Lipinski definition) is 2. The Labute approximate surface area is 49.3 Å². The van der Waals surface area contributed by atoms with Gasteiger partial charge in [0, 0.05) is 26.2 Å². The molecule has 0 aromatic rings. The number of rotatable bonds is 1. The fourth-order valence-electron chi connectivity index (χ4n) is 0.789. The SMILES string of the molecule is OCN1CC[N]CC1. The third-order valence-corrected chi connectivity index (χ3v) is 1.35. The highest BCUT2D eigenvalue weighted by molar-refractivity contribution is 4.62. The van der Waals surface area contributed by atoms with E-state index in [4.69, 9.17) is 5.11 Å². The van der Waals surface area contributed by atoms with Crippen molar-refractivity contribution in [2.75, 3.05) is 32.9 Å². The third-order valence-electron chi connectivity index (χ3n) is 1.35. The average molecular weight is 115 g/mol. The molecular weight excluding hydrogens is 104 g/mol. The zero-order valence-electron chi connectivity index (χ0n) is 4.88. The van der Waals surface area contributed by atoms with E-state index in [0.717, 1.165) is 26.2 Å². The van der Waals surface area contributed by atoms with Gasteiger partial charge in [0.15, 0.2) is 0 Å². The average Bonchev–Trinajstić information content (AvgIpc) is 1.90. The Bertz CT molecular complexity index is 61.4. The first kappa shape index (κ1) is 6.01. The van der Waals surface area contributed by atoms with Gasteiger partial charge in [0.2, 0.25) is 0 Å². The van der Waals surface area contributed by atoms with E-state index in [2.05, 4.69) is 5.32 Å². The van der Waals surface area contributed by atoms with E-state index in [0.29, 0.717) is 0 Å². The van der Waals surface area contributed by atoms with Crippen LogP contribution in [-0.2, 0) is 0 Å². The van der Waals surface area contributed by atoms with E-state index < -0.39 is 0 Å². The monoisotopic (exact) mass is 115 g/mol. The van der Waals surface area contributed by atoms with E-state index in [9.17, 15) is 0 Å². The van der Waals surface area contributed by atoms with E-state index in [1.807, 2.05) is 4.90 Å². The molecule has 3 heteroatoms. The summed E-state index contributed by atoms with van der Waals surface area (Å²) < 4.78 is 0. The number of aliphatic hydroxyl groups excluding tert-OH is 1. The van der Waals surface area contributed by atoms with Gasteiger partial charge in [0.25, 0.3) is 0 Å². The molecule has 1 heterocycles. The van der Waals surface area contributed by atoms with Crippen LogP contribution in [0, 0.1) is 0 Å². The fourth-order valence-corrected chi connectivity index (χ4v) is 0.789. The maximum atomic E-state index is 8.58. The van der Waals surface area contributed by atoms with Gasteiger partial charge < -0.3 is 5.11 Å². The highest BCUT2D eigenvalue weighted by Crippen LogP contribution is 1.88. The summed E-state index contributed by atoms with van der Waals surface area (Å²) in [6.45, 7) is 3.82. The largest absolute Gasteiger partial charge is 0.381 e. The first-order valence-electron chi connectivity index (χ1n) is 2.90. The summed E-state index contributed by atoms with van der Waals surface area (Å²) in [7, 11) is 0. The lowest BCUT2D eigenvalue weighted by Crippen LogP contribution is -2.40. The van der Waals surface area contributed by atoms with Crippen LogP contribution in [0.2, 0.25) is 0 Å². The predicted molar refractivity (Wildman–Crippen MR) is 30.5 cm³/mol. The summed E-state index contributed by atoms with van der Waals surface area (Å²) in [5.41, 5.74) is 0. The van der Waals surface area contributed by atoms with Crippen LogP contribution in [-0.4, -0.2) is 42.9 Å². The van der Waals surface area contributed by atoms with Crippen molar-refractivity contribution in [2.45, 2.75) is 0 Å². The van der Waals surface area contributed by atoms with Crippen LogP contribution in [0.25, 0.3) is 0 Å². The molecule has 3 nitrogen and oxygen atoms in total. The van der Waals surface area contributed by atoms with E-state index in [-0.39, 0.29) is 6.73 Å². The van der Waals surface area contributed by atoms with Gasteiger partial charge in [0.05, 0.1) is 6.73 Å². The molecule has 8 heavy (non-hydrogen) atoms. The third kappa shape index (κ3) is 1.43. The smallest absolute Gasteiger partial charge is 0.0957 e. The molecule has 1 N–H and O–H groups in total. The molecule has 0 atom stereocenters. The van der Waals surface area contributed by atoms with Crippen molar-refractivity contribution in [3.63, 3.8) is 0 Å². The molecular formula is C5H11N2O. The topological polar surface area (TPSA) is 37.6 Å². The zero-order chi connectivity index (χ0) is 5.82. The Morgan fingerprint density at radius 1 is 1.38 bits per heavy atom. The van der Waals surface area contributed by atoms with Gasteiger partial charge in [-0.2, -0.15) is 0 Å². The molecule has 1 fully saturated rings. The zero-order valence-corrected chi connectivity index (χ0v) is 4.88. The molecule has 0 spiro atoms. The second-order valence-electron chi connectivity index (χ2n) is 1.93. The highest BCUT2D eigenvalue weighted by atomic mass is 16.3. The molecule has 0 unspecified atom stereocenters. The van der Waals surface area contributed by atoms with Crippen LogP contribution >= 0.6 is 0 Å². The Morgan fingerprint density at radius 2 is 2.00 bits per heavy atom. The normalized spacial score (nSPS) is 23.6. The van der Waals surface area contributed by atoms with Crippen molar-refractivity contribution in [1.29, 1.82) is 0 Å². The van der Waals surface area contributed by atoms with Gasteiger partial charge in [-0.05, 0) is 0 Å². The quantitative estimate of drug-likeness (QED) is 0.469. The Morgan fingerprint density at radius 3 is 2.38 bits per heavy atom. The van der Waals surface area contributed by atoms with Crippen LogP contribution in [0.1, 0.15) is 0 Å². The van der Waals surface area contributed by atoms with Crippen LogP contribution in [0.3, 0.4) is 0 Å². The molecule has 0 bridgehead atoms. The lowest BCUT2D eigenvalue weighted by atomic mass is 10.4. The van der Waals surface area contributed by atoms with Crippen LogP contribution in [0.5, 0.6) is 0 Å². The molecule has 0 amide bonds. The first-order valence-corrected chi connectivity index (χ1v) is 2.90. The Kier molecular flexibility index (Phi) is 2.27. The molecule has 1 aliphatic rings. The first-order chi connectivity index (χ1) is 3.93. The molecule has 0 aromatic carbocycles. The molecule has 0 saturated carbocycles. The molecule has 1 aliphatic heterocycles. The minimum atomic E-state index is 0.190. The van der Waals surface area contributed by atoms with Gasteiger partial charge in [-0.1, -0.05) is 0 Å².